The summed E-state index contributed by atoms with van der Waals surface area (Å²) in [5, 5.41) is 0. The summed E-state index contributed by atoms with van der Waals surface area (Å²) in [7, 11) is 0. The van der Waals surface area contributed by atoms with E-state index in [0.29, 0.717) is 6.42 Å². The molecule has 0 aromatic heterocycles. The van der Waals surface area contributed by atoms with Crippen LogP contribution in [0, 0.1) is 45.6 Å². The Hall–Kier alpha value is -0.591. The van der Waals surface area contributed by atoms with Crippen LogP contribution in [-0.2, 0) is 35.8 Å². The van der Waals surface area contributed by atoms with Gasteiger partial charge in [0.1, 0.15) is 6.29 Å². The molecule has 0 aromatic carbocycles. The molecule has 88 valence electrons. The van der Waals surface area contributed by atoms with Crippen LogP contribution in [-0.4, -0.2) is 6.29 Å². The number of carbonyl (C=O) groups is 1. The molecule has 4 nitrogen and oxygen atoms in total. The SMILES string of the molecule is [C-]#[O+].[C-]#[O+].[C-]#[O+].[CH2][C]([CH]C)[CH]CCC=O.[Fe]. The van der Waals surface area contributed by atoms with Crippen molar-refractivity contribution < 1.29 is 35.8 Å². The van der Waals surface area contributed by atoms with Gasteiger partial charge >= 0.3 is 33.9 Å². The Balaban J connectivity index is -0.0000000498. The first kappa shape index (κ1) is 29.5. The van der Waals surface area contributed by atoms with Crippen molar-refractivity contribution in [1.29, 1.82) is 0 Å². The smallest absolute Gasteiger partial charge is 0.120 e. The predicted octanol–water partition coefficient (Wildman–Crippen LogP) is 1.69. The molecular formula is C11H12FeO4. The minimum atomic E-state index is 0. The van der Waals surface area contributed by atoms with Gasteiger partial charge in [0.25, 0.3) is 0 Å². The van der Waals surface area contributed by atoms with Crippen LogP contribution in [0.15, 0.2) is 0 Å². The zero-order chi connectivity index (χ0) is 13.1. The quantitative estimate of drug-likeness (QED) is 0.245. The van der Waals surface area contributed by atoms with Gasteiger partial charge in [0.05, 0.1) is 0 Å². The molecule has 0 rings (SSSR count). The van der Waals surface area contributed by atoms with Gasteiger partial charge in [-0.15, -0.1) is 0 Å². The Morgan fingerprint density at radius 1 is 1.12 bits per heavy atom. The van der Waals surface area contributed by atoms with Gasteiger partial charge in [-0.3, -0.25) is 0 Å². The molecule has 0 aliphatic carbocycles. The third kappa shape index (κ3) is 50.3. The molecule has 0 aromatic rings. The summed E-state index contributed by atoms with van der Waals surface area (Å²) >= 11 is 0. The molecule has 0 heterocycles. The molecule has 0 amide bonds. The van der Waals surface area contributed by atoms with Gasteiger partial charge in [-0.25, -0.2) is 0 Å². The topological polar surface area (TPSA) is 76.8 Å². The molecule has 16 heavy (non-hydrogen) atoms. The van der Waals surface area contributed by atoms with Crippen molar-refractivity contribution in [3.8, 4) is 0 Å². The van der Waals surface area contributed by atoms with Crippen LogP contribution >= 0.6 is 0 Å². The zero-order valence-corrected chi connectivity index (χ0v) is 9.94. The number of rotatable bonds is 5. The van der Waals surface area contributed by atoms with E-state index in [4.69, 9.17) is 14.0 Å². The summed E-state index contributed by atoms with van der Waals surface area (Å²) in [6, 6.07) is 0. The molecule has 0 unspecified atom stereocenters. The molecule has 0 aliphatic heterocycles. The molecule has 4 radical (unpaired) electrons. The van der Waals surface area contributed by atoms with E-state index in [-0.39, 0.29) is 17.1 Å². The number of hydrogen-bond donors (Lipinski definition) is 0. The third-order valence-electron chi connectivity index (χ3n) is 1.06. The van der Waals surface area contributed by atoms with Crippen molar-refractivity contribution in [2.75, 3.05) is 0 Å². The molecule has 0 aliphatic rings. The number of hydrogen-bond acceptors (Lipinski definition) is 1. The Kier molecular flexibility index (Phi) is 87.1. The van der Waals surface area contributed by atoms with E-state index >= 15 is 0 Å². The van der Waals surface area contributed by atoms with Crippen molar-refractivity contribution in [3.63, 3.8) is 0 Å². The second kappa shape index (κ2) is 47.2. The van der Waals surface area contributed by atoms with E-state index in [1.807, 2.05) is 19.8 Å². The fraction of sp³-hybridized carbons (Fsp3) is 0.273. The van der Waals surface area contributed by atoms with Crippen molar-refractivity contribution >= 4 is 6.29 Å². The van der Waals surface area contributed by atoms with E-state index in [0.717, 1.165) is 18.6 Å². The van der Waals surface area contributed by atoms with E-state index in [1.54, 1.807) is 0 Å². The van der Waals surface area contributed by atoms with Gasteiger partial charge in [0.15, 0.2) is 0 Å². The van der Waals surface area contributed by atoms with Gasteiger partial charge in [0.2, 0.25) is 0 Å². The molecule has 0 spiro atoms. The maximum Gasteiger partial charge on any atom is 0.120 e. The average Bonchev–Trinajstić information content (AvgIpc) is 2.36. The first-order valence-electron chi connectivity index (χ1n) is 3.67. The molecular weight excluding hydrogens is 252 g/mol. The largest absolute Gasteiger partial charge is 0.303 e. The first-order valence-corrected chi connectivity index (χ1v) is 3.67. The summed E-state index contributed by atoms with van der Waals surface area (Å²) in [6.07, 6.45) is 6.21. The Morgan fingerprint density at radius 3 is 1.75 bits per heavy atom. The minimum Gasteiger partial charge on any atom is -0.303 e. The Labute approximate surface area is 108 Å². The number of unbranched alkanes of at least 4 members (excludes halogenated alkanes) is 1. The molecule has 0 bridgehead atoms. The monoisotopic (exact) mass is 264 g/mol. The number of aldehydes is 1. The van der Waals surface area contributed by atoms with Gasteiger partial charge in [-0.1, -0.05) is 6.92 Å². The van der Waals surface area contributed by atoms with E-state index < -0.39 is 0 Å². The van der Waals surface area contributed by atoms with Gasteiger partial charge in [-0.2, -0.15) is 0 Å². The molecule has 0 fully saturated rings. The Morgan fingerprint density at radius 2 is 1.50 bits per heavy atom. The maximum absolute atomic E-state index is 9.81. The molecule has 0 N–H and O–H groups in total. The second-order valence-corrected chi connectivity index (χ2v) is 1.81. The van der Waals surface area contributed by atoms with Crippen molar-refractivity contribution in [3.05, 3.63) is 45.6 Å². The van der Waals surface area contributed by atoms with Crippen LogP contribution in [0.5, 0.6) is 0 Å². The van der Waals surface area contributed by atoms with E-state index in [2.05, 4.69) is 26.9 Å². The summed E-state index contributed by atoms with van der Waals surface area (Å²) in [6.45, 7) is 19.1. The van der Waals surface area contributed by atoms with Crippen molar-refractivity contribution in [2.24, 2.45) is 0 Å². The fourth-order valence-electron chi connectivity index (χ4n) is 0.455. The van der Waals surface area contributed by atoms with Gasteiger partial charge in [-0.05, 0) is 32.1 Å². The van der Waals surface area contributed by atoms with Crippen LogP contribution in [0.3, 0.4) is 0 Å². The first-order chi connectivity index (χ1) is 7.31. The molecule has 0 saturated heterocycles. The molecule has 0 saturated carbocycles. The zero-order valence-electron chi connectivity index (χ0n) is 8.84. The van der Waals surface area contributed by atoms with Crippen LogP contribution in [0.2, 0.25) is 0 Å². The summed E-state index contributed by atoms with van der Waals surface area (Å²) in [5.41, 5.74) is 0. The fourth-order valence-corrected chi connectivity index (χ4v) is 0.455. The summed E-state index contributed by atoms with van der Waals surface area (Å²) in [5.74, 6) is 0.997. The van der Waals surface area contributed by atoms with Crippen molar-refractivity contribution in [1.82, 2.24) is 0 Å². The van der Waals surface area contributed by atoms with Crippen molar-refractivity contribution in [2.45, 2.75) is 19.8 Å². The van der Waals surface area contributed by atoms with Crippen LogP contribution in [0.25, 0.3) is 0 Å². The Bertz CT molecular complexity index is 149. The average molecular weight is 264 g/mol. The van der Waals surface area contributed by atoms with E-state index in [9.17, 15) is 4.79 Å². The van der Waals surface area contributed by atoms with Gasteiger partial charge < -0.3 is 4.79 Å². The summed E-state index contributed by atoms with van der Waals surface area (Å²) in [4.78, 5) is 9.81. The van der Waals surface area contributed by atoms with Crippen LogP contribution < -0.4 is 0 Å². The molecule has 0 atom stereocenters. The van der Waals surface area contributed by atoms with Crippen LogP contribution in [0.4, 0.5) is 0 Å². The summed E-state index contributed by atoms with van der Waals surface area (Å²) < 4.78 is 22.5. The standard InChI is InChI=1S/C8H12O.3CO.Fe/c1-3-8(2)6-4-5-7-9;3*1-2;/h3,6-7H,2,4-5H2,1H3;;;;. The molecule has 5 heteroatoms. The maximum atomic E-state index is 9.81. The second-order valence-electron chi connectivity index (χ2n) is 1.81. The van der Waals surface area contributed by atoms with Crippen LogP contribution in [0.1, 0.15) is 19.8 Å². The van der Waals surface area contributed by atoms with E-state index in [1.165, 1.54) is 0 Å². The third-order valence-corrected chi connectivity index (χ3v) is 1.06. The van der Waals surface area contributed by atoms with Gasteiger partial charge in [0, 0.05) is 23.5 Å². The predicted molar refractivity (Wildman–Crippen MR) is 50.0 cm³/mol. The normalized spacial score (nSPS) is 6.06. The number of carbonyl (C=O) groups excluding carboxylic acids is 1. The minimum absolute atomic E-state index is 0.